The maximum atomic E-state index is 13.2. The number of hydrogen-bond acceptors (Lipinski definition) is 7. The van der Waals surface area contributed by atoms with Gasteiger partial charge in [0.15, 0.2) is 0 Å². The molecule has 0 radical (unpaired) electrons. The van der Waals surface area contributed by atoms with E-state index in [1.165, 1.54) is 29.2 Å². The van der Waals surface area contributed by atoms with Crippen LogP contribution in [0.3, 0.4) is 0 Å². The predicted octanol–water partition coefficient (Wildman–Crippen LogP) is 4.65. The Bertz CT molecular complexity index is 1320. The van der Waals surface area contributed by atoms with Gasteiger partial charge in [-0.15, -0.1) is 0 Å². The summed E-state index contributed by atoms with van der Waals surface area (Å²) in [5, 5.41) is 22.2. The third kappa shape index (κ3) is 5.10. The van der Waals surface area contributed by atoms with Crippen LogP contribution in [-0.4, -0.2) is 38.2 Å². The summed E-state index contributed by atoms with van der Waals surface area (Å²) in [5.41, 5.74) is 1.08. The van der Waals surface area contributed by atoms with E-state index in [0.717, 1.165) is 0 Å². The number of Topliss-reactive ketones (excluding diaryl/α,β-unsaturated/α-hetero) is 1. The van der Waals surface area contributed by atoms with Crippen molar-refractivity contribution in [1.29, 1.82) is 0 Å². The second-order valence-electron chi connectivity index (χ2n) is 8.83. The van der Waals surface area contributed by atoms with Crippen molar-refractivity contribution in [2.24, 2.45) is 5.92 Å². The molecule has 3 aromatic rings. The van der Waals surface area contributed by atoms with Gasteiger partial charge in [0.1, 0.15) is 11.5 Å². The largest absolute Gasteiger partial charge is 0.507 e. The fraction of sp³-hybridized carbons (Fsp3) is 0.222. The van der Waals surface area contributed by atoms with E-state index in [-0.39, 0.29) is 23.4 Å². The summed E-state index contributed by atoms with van der Waals surface area (Å²) in [5.74, 6) is -1.17. The SMILES string of the molecule is CC(C)COc1cccc(C2/C(=C(\O)c3ccc([N+](=O)[O-])cc3)C(=O)C(=O)N2Cc2ccccn2)c1. The summed E-state index contributed by atoms with van der Waals surface area (Å²) in [6.07, 6.45) is 1.60. The van der Waals surface area contributed by atoms with Gasteiger partial charge in [-0.3, -0.25) is 24.7 Å². The van der Waals surface area contributed by atoms with E-state index in [2.05, 4.69) is 4.98 Å². The van der Waals surface area contributed by atoms with E-state index >= 15 is 0 Å². The van der Waals surface area contributed by atoms with Crippen molar-refractivity contribution >= 4 is 23.1 Å². The number of rotatable bonds is 8. The van der Waals surface area contributed by atoms with Crippen LogP contribution in [0.25, 0.3) is 5.76 Å². The van der Waals surface area contributed by atoms with Gasteiger partial charge in [0.2, 0.25) is 0 Å². The molecule has 1 aliphatic rings. The minimum absolute atomic E-state index is 0.0458. The highest BCUT2D eigenvalue weighted by molar-refractivity contribution is 6.46. The summed E-state index contributed by atoms with van der Waals surface area (Å²) in [6, 6.07) is 16.6. The lowest BCUT2D eigenvalue weighted by molar-refractivity contribution is -0.384. The quantitative estimate of drug-likeness (QED) is 0.161. The molecule has 9 heteroatoms. The lowest BCUT2D eigenvalue weighted by Crippen LogP contribution is -2.29. The van der Waals surface area contributed by atoms with E-state index < -0.39 is 28.4 Å². The van der Waals surface area contributed by atoms with Crippen LogP contribution in [0.2, 0.25) is 0 Å². The number of ether oxygens (including phenoxy) is 1. The number of pyridine rings is 1. The standard InChI is InChI=1S/C27H25N3O6/c1-17(2)16-36-22-8-5-6-19(14-22)24-23(25(31)18-9-11-21(12-10-18)30(34)35)26(32)27(33)29(24)15-20-7-3-4-13-28-20/h3-14,17,24,31H,15-16H2,1-2H3/b25-23+. The molecule has 0 spiro atoms. The summed E-state index contributed by atoms with van der Waals surface area (Å²) in [6.45, 7) is 4.58. The Balaban J connectivity index is 1.82. The molecule has 1 aliphatic heterocycles. The summed E-state index contributed by atoms with van der Waals surface area (Å²) < 4.78 is 5.85. The van der Waals surface area contributed by atoms with Crippen molar-refractivity contribution in [3.8, 4) is 5.75 Å². The molecule has 4 rings (SSSR count). The lowest BCUT2D eigenvalue weighted by atomic mass is 9.95. The monoisotopic (exact) mass is 487 g/mol. The van der Waals surface area contributed by atoms with E-state index in [4.69, 9.17) is 4.74 Å². The zero-order valence-electron chi connectivity index (χ0n) is 19.8. The Kier molecular flexibility index (Phi) is 7.10. The third-order valence-electron chi connectivity index (χ3n) is 5.71. The molecule has 0 saturated carbocycles. The summed E-state index contributed by atoms with van der Waals surface area (Å²) in [7, 11) is 0. The normalized spacial score (nSPS) is 17.0. The van der Waals surface area contributed by atoms with Gasteiger partial charge in [-0.1, -0.05) is 32.0 Å². The van der Waals surface area contributed by atoms with E-state index in [1.807, 2.05) is 13.8 Å². The van der Waals surface area contributed by atoms with Gasteiger partial charge in [0.25, 0.3) is 17.4 Å². The molecule has 2 aromatic carbocycles. The number of ketones is 1. The van der Waals surface area contributed by atoms with Crippen LogP contribution >= 0.6 is 0 Å². The number of nitro benzene ring substituents is 1. The first-order chi connectivity index (χ1) is 17.3. The number of nitrogens with zero attached hydrogens (tertiary/aromatic N) is 3. The number of nitro groups is 1. The molecule has 36 heavy (non-hydrogen) atoms. The first-order valence-electron chi connectivity index (χ1n) is 11.4. The Morgan fingerprint density at radius 2 is 1.86 bits per heavy atom. The molecule has 1 unspecified atom stereocenters. The van der Waals surface area contributed by atoms with Crippen LogP contribution in [0.1, 0.15) is 36.7 Å². The second-order valence-corrected chi connectivity index (χ2v) is 8.83. The van der Waals surface area contributed by atoms with E-state index in [1.54, 1.807) is 48.7 Å². The minimum Gasteiger partial charge on any atom is -0.507 e. The molecule has 1 atom stereocenters. The lowest BCUT2D eigenvalue weighted by Gasteiger charge is -2.25. The molecule has 2 heterocycles. The average molecular weight is 488 g/mol. The summed E-state index contributed by atoms with van der Waals surface area (Å²) in [4.78, 5) is 42.5. The van der Waals surface area contributed by atoms with Gasteiger partial charge >= 0.3 is 0 Å². The van der Waals surface area contributed by atoms with Gasteiger partial charge < -0.3 is 14.7 Å². The maximum absolute atomic E-state index is 13.2. The van der Waals surface area contributed by atoms with Crippen molar-refractivity contribution in [1.82, 2.24) is 9.88 Å². The Morgan fingerprint density at radius 1 is 1.11 bits per heavy atom. The molecule has 1 N–H and O–H groups in total. The van der Waals surface area contributed by atoms with Crippen molar-refractivity contribution in [2.45, 2.75) is 26.4 Å². The van der Waals surface area contributed by atoms with Gasteiger partial charge in [-0.2, -0.15) is 0 Å². The van der Waals surface area contributed by atoms with Crippen molar-refractivity contribution in [2.75, 3.05) is 6.61 Å². The molecule has 0 bridgehead atoms. The number of aliphatic hydroxyl groups is 1. The molecule has 1 fully saturated rings. The molecular formula is C27H25N3O6. The molecule has 9 nitrogen and oxygen atoms in total. The third-order valence-corrected chi connectivity index (χ3v) is 5.71. The van der Waals surface area contributed by atoms with Gasteiger partial charge in [-0.05, 0) is 47.9 Å². The summed E-state index contributed by atoms with van der Waals surface area (Å²) >= 11 is 0. The fourth-order valence-electron chi connectivity index (χ4n) is 3.99. The fourth-order valence-corrected chi connectivity index (χ4v) is 3.99. The number of amides is 1. The number of carbonyl (C=O) groups is 2. The predicted molar refractivity (Wildman–Crippen MR) is 132 cm³/mol. The number of aromatic nitrogens is 1. The molecule has 0 aliphatic carbocycles. The van der Waals surface area contributed by atoms with Crippen molar-refractivity contribution < 1.29 is 24.4 Å². The van der Waals surface area contributed by atoms with Crippen LogP contribution in [0, 0.1) is 16.0 Å². The molecule has 1 saturated heterocycles. The van der Waals surface area contributed by atoms with Crippen LogP contribution < -0.4 is 4.74 Å². The van der Waals surface area contributed by atoms with Gasteiger partial charge in [0.05, 0.1) is 35.4 Å². The smallest absolute Gasteiger partial charge is 0.296 e. The van der Waals surface area contributed by atoms with E-state index in [0.29, 0.717) is 29.5 Å². The highest BCUT2D eigenvalue weighted by Crippen LogP contribution is 2.41. The van der Waals surface area contributed by atoms with Crippen molar-refractivity contribution in [3.63, 3.8) is 0 Å². The first-order valence-corrected chi connectivity index (χ1v) is 11.4. The first kappa shape index (κ1) is 24.6. The van der Waals surface area contributed by atoms with Gasteiger partial charge in [-0.25, -0.2) is 0 Å². The highest BCUT2D eigenvalue weighted by Gasteiger charge is 2.46. The second kappa shape index (κ2) is 10.4. The molecular weight excluding hydrogens is 462 g/mol. The zero-order chi connectivity index (χ0) is 25.8. The molecule has 1 amide bonds. The minimum atomic E-state index is -0.912. The molecule has 184 valence electrons. The molecule has 1 aromatic heterocycles. The van der Waals surface area contributed by atoms with Crippen LogP contribution in [-0.2, 0) is 16.1 Å². The number of non-ortho nitro benzene ring substituents is 1. The van der Waals surface area contributed by atoms with Crippen LogP contribution in [0.15, 0.2) is 78.5 Å². The number of likely N-dealkylation sites (tertiary alicyclic amines) is 1. The topological polar surface area (TPSA) is 123 Å². The Labute approximate surface area is 207 Å². The number of carbonyl (C=O) groups excluding carboxylic acids is 2. The number of aliphatic hydroxyl groups excluding tert-OH is 1. The van der Waals surface area contributed by atoms with Crippen LogP contribution in [0.4, 0.5) is 5.69 Å². The van der Waals surface area contributed by atoms with E-state index in [9.17, 15) is 24.8 Å². The highest BCUT2D eigenvalue weighted by atomic mass is 16.6. The average Bonchev–Trinajstić information content (AvgIpc) is 3.13. The van der Waals surface area contributed by atoms with Crippen LogP contribution in [0.5, 0.6) is 5.75 Å². The Morgan fingerprint density at radius 3 is 2.50 bits per heavy atom. The van der Waals surface area contributed by atoms with Gasteiger partial charge in [0, 0.05) is 23.9 Å². The number of hydrogen-bond donors (Lipinski definition) is 1. The maximum Gasteiger partial charge on any atom is 0.296 e. The van der Waals surface area contributed by atoms with Crippen molar-refractivity contribution in [3.05, 3.63) is 105 Å². The zero-order valence-corrected chi connectivity index (χ0v) is 19.8. The number of benzene rings is 2. The Hall–Kier alpha value is -4.53.